The van der Waals surface area contributed by atoms with Gasteiger partial charge >= 0.3 is 0 Å². The molecule has 2 nitrogen and oxygen atoms in total. The van der Waals surface area contributed by atoms with Crippen LogP contribution < -0.4 is 0 Å². The molecule has 1 atom stereocenters. The van der Waals surface area contributed by atoms with Crippen LogP contribution in [0, 0.1) is 0 Å². The summed E-state index contributed by atoms with van der Waals surface area (Å²) in [6, 6.07) is 5.54. The Bertz CT molecular complexity index is 343. The molecule has 0 aliphatic rings. The van der Waals surface area contributed by atoms with E-state index in [1.807, 2.05) is 18.4 Å². The molecule has 15 heavy (non-hydrogen) atoms. The largest absolute Gasteiger partial charge is 0.392 e. The molecular formula is C11H13ClO2S. The maximum Gasteiger partial charge on any atom is 0.152 e. The fourth-order valence-electron chi connectivity index (χ4n) is 1.40. The van der Waals surface area contributed by atoms with Crippen LogP contribution in [0.25, 0.3) is 0 Å². The lowest BCUT2D eigenvalue weighted by Gasteiger charge is -2.14. The van der Waals surface area contributed by atoms with E-state index in [-0.39, 0.29) is 12.4 Å². The Morgan fingerprint density at radius 2 is 2.27 bits per heavy atom. The van der Waals surface area contributed by atoms with Gasteiger partial charge < -0.3 is 5.11 Å². The first-order valence-corrected chi connectivity index (χ1v) is 6.19. The molecule has 0 amide bonds. The number of carbonyl (C=O) groups is 1. The lowest BCUT2D eigenvalue weighted by Crippen LogP contribution is -2.07. The molecule has 1 N–H and O–H groups in total. The number of Topliss-reactive ketones (excluding diaryl/α,β-unsaturated/α-hetero) is 1. The minimum Gasteiger partial charge on any atom is -0.392 e. The van der Waals surface area contributed by atoms with Crippen LogP contribution in [0.1, 0.15) is 23.4 Å². The number of hydrogen-bond donors (Lipinski definition) is 1. The van der Waals surface area contributed by atoms with Gasteiger partial charge in [-0.2, -0.15) is 0 Å². The molecule has 0 radical (unpaired) electrons. The third kappa shape index (κ3) is 2.74. The summed E-state index contributed by atoms with van der Waals surface area (Å²) in [5.74, 6) is -0.104. The summed E-state index contributed by atoms with van der Waals surface area (Å²) in [4.78, 5) is 12.2. The molecule has 0 fully saturated rings. The molecule has 1 aromatic carbocycles. The minimum absolute atomic E-state index is 0.0970. The first-order valence-electron chi connectivity index (χ1n) is 4.53. The highest BCUT2D eigenvalue weighted by Gasteiger charge is 2.19. The Balaban J connectivity index is 3.27. The van der Waals surface area contributed by atoms with E-state index in [4.69, 9.17) is 11.6 Å². The summed E-state index contributed by atoms with van der Waals surface area (Å²) in [6.45, 7) is 1.36. The maximum absolute atomic E-state index is 11.3. The van der Waals surface area contributed by atoms with Crippen molar-refractivity contribution in [1.29, 1.82) is 0 Å². The lowest BCUT2D eigenvalue weighted by molar-refractivity contribution is -0.116. The molecule has 0 saturated carbocycles. The summed E-state index contributed by atoms with van der Waals surface area (Å²) in [5, 5.41) is 8.52. The molecular weight excluding hydrogens is 232 g/mol. The second kappa shape index (κ2) is 5.54. The predicted octanol–water partition coefficient (Wildman–Crippen LogP) is 2.77. The van der Waals surface area contributed by atoms with Crippen molar-refractivity contribution in [2.75, 3.05) is 6.26 Å². The van der Waals surface area contributed by atoms with Gasteiger partial charge in [0.1, 0.15) is 5.38 Å². The molecule has 0 spiro atoms. The van der Waals surface area contributed by atoms with Crippen LogP contribution in [-0.4, -0.2) is 17.1 Å². The van der Waals surface area contributed by atoms with Crippen LogP contribution in [0.4, 0.5) is 0 Å². The van der Waals surface area contributed by atoms with Crippen LogP contribution in [0.3, 0.4) is 0 Å². The van der Waals surface area contributed by atoms with Gasteiger partial charge in [-0.1, -0.05) is 12.1 Å². The van der Waals surface area contributed by atoms with Crippen molar-refractivity contribution in [2.45, 2.75) is 23.8 Å². The third-order valence-electron chi connectivity index (χ3n) is 2.16. The van der Waals surface area contributed by atoms with E-state index in [2.05, 4.69) is 0 Å². The number of alkyl halides is 1. The molecule has 0 saturated heterocycles. The van der Waals surface area contributed by atoms with Gasteiger partial charge in [0.2, 0.25) is 0 Å². The highest BCUT2D eigenvalue weighted by Crippen LogP contribution is 2.33. The number of halogens is 1. The van der Waals surface area contributed by atoms with Crippen LogP contribution in [0.5, 0.6) is 0 Å². The molecule has 82 valence electrons. The summed E-state index contributed by atoms with van der Waals surface area (Å²) in [5.41, 5.74) is 1.46. The van der Waals surface area contributed by atoms with Gasteiger partial charge in [-0.3, -0.25) is 4.79 Å². The number of benzene rings is 1. The van der Waals surface area contributed by atoms with Crippen molar-refractivity contribution in [2.24, 2.45) is 0 Å². The molecule has 0 aliphatic carbocycles. The maximum atomic E-state index is 11.3. The zero-order chi connectivity index (χ0) is 11.4. The van der Waals surface area contributed by atoms with E-state index in [0.717, 1.165) is 16.0 Å². The minimum atomic E-state index is -0.671. The summed E-state index contributed by atoms with van der Waals surface area (Å²) >= 11 is 7.56. The number of ketones is 1. The molecule has 0 bridgehead atoms. The Morgan fingerprint density at radius 3 is 2.73 bits per heavy atom. The van der Waals surface area contributed by atoms with Crippen molar-refractivity contribution in [1.82, 2.24) is 0 Å². The van der Waals surface area contributed by atoms with Crippen molar-refractivity contribution in [3.05, 3.63) is 29.3 Å². The fourth-order valence-corrected chi connectivity index (χ4v) is 2.40. The highest BCUT2D eigenvalue weighted by atomic mass is 35.5. The second-order valence-electron chi connectivity index (χ2n) is 3.16. The lowest BCUT2D eigenvalue weighted by atomic mass is 10.0. The first-order chi connectivity index (χ1) is 7.11. The van der Waals surface area contributed by atoms with Gasteiger partial charge in [-0.05, 0) is 30.4 Å². The van der Waals surface area contributed by atoms with E-state index in [0.29, 0.717) is 0 Å². The standard InChI is InChI=1S/C11H13ClO2S/c1-7(14)11(12)10-8(6-13)4-3-5-9(10)15-2/h3-5,11,13H,6H2,1-2H3. The topological polar surface area (TPSA) is 37.3 Å². The molecule has 1 aromatic rings. The monoisotopic (exact) mass is 244 g/mol. The Kier molecular flexibility index (Phi) is 4.64. The van der Waals surface area contributed by atoms with Crippen molar-refractivity contribution >= 4 is 29.1 Å². The number of rotatable bonds is 4. The Hall–Kier alpha value is -0.510. The van der Waals surface area contributed by atoms with Crippen molar-refractivity contribution in [3.63, 3.8) is 0 Å². The number of hydrogen-bond acceptors (Lipinski definition) is 3. The quantitative estimate of drug-likeness (QED) is 0.654. The third-order valence-corrected chi connectivity index (χ3v) is 3.48. The van der Waals surface area contributed by atoms with Gasteiger partial charge in [-0.15, -0.1) is 23.4 Å². The normalized spacial score (nSPS) is 12.5. The van der Waals surface area contributed by atoms with E-state index < -0.39 is 5.38 Å². The number of carbonyl (C=O) groups excluding carboxylic acids is 1. The average molecular weight is 245 g/mol. The van der Waals surface area contributed by atoms with Crippen molar-refractivity contribution in [3.8, 4) is 0 Å². The molecule has 0 heterocycles. The zero-order valence-electron chi connectivity index (χ0n) is 8.66. The van der Waals surface area contributed by atoms with E-state index in [1.54, 1.807) is 6.07 Å². The average Bonchev–Trinajstić information content (AvgIpc) is 2.26. The number of aliphatic hydroxyl groups excluding tert-OH is 1. The van der Waals surface area contributed by atoms with Gasteiger partial charge in [0.05, 0.1) is 6.61 Å². The molecule has 1 unspecified atom stereocenters. The summed E-state index contributed by atoms with van der Waals surface area (Å²) in [7, 11) is 0. The summed E-state index contributed by atoms with van der Waals surface area (Å²) in [6.07, 6.45) is 1.92. The smallest absolute Gasteiger partial charge is 0.152 e. The number of aliphatic hydroxyl groups is 1. The zero-order valence-corrected chi connectivity index (χ0v) is 10.2. The van der Waals surface area contributed by atoms with Gasteiger partial charge in [0, 0.05) is 4.90 Å². The van der Waals surface area contributed by atoms with Gasteiger partial charge in [0.25, 0.3) is 0 Å². The molecule has 1 rings (SSSR count). The first kappa shape index (κ1) is 12.6. The molecule has 0 aliphatic heterocycles. The van der Waals surface area contributed by atoms with E-state index >= 15 is 0 Å². The van der Waals surface area contributed by atoms with E-state index in [9.17, 15) is 9.90 Å². The fraction of sp³-hybridized carbons (Fsp3) is 0.364. The van der Waals surface area contributed by atoms with Gasteiger partial charge in [-0.25, -0.2) is 0 Å². The van der Waals surface area contributed by atoms with Crippen LogP contribution in [0.2, 0.25) is 0 Å². The van der Waals surface area contributed by atoms with Crippen LogP contribution in [-0.2, 0) is 11.4 Å². The van der Waals surface area contributed by atoms with Crippen molar-refractivity contribution < 1.29 is 9.90 Å². The SMILES string of the molecule is CSc1cccc(CO)c1C(Cl)C(C)=O. The van der Waals surface area contributed by atoms with Gasteiger partial charge in [0.15, 0.2) is 5.78 Å². The highest BCUT2D eigenvalue weighted by molar-refractivity contribution is 7.98. The Labute approximate surface area is 98.6 Å². The molecule has 4 heteroatoms. The Morgan fingerprint density at radius 1 is 1.60 bits per heavy atom. The molecule has 0 aromatic heterocycles. The predicted molar refractivity (Wildman–Crippen MR) is 63.4 cm³/mol. The summed E-state index contributed by atoms with van der Waals surface area (Å²) < 4.78 is 0. The number of thioether (sulfide) groups is 1. The van der Waals surface area contributed by atoms with E-state index in [1.165, 1.54) is 18.7 Å². The van der Waals surface area contributed by atoms with Crippen LogP contribution in [0.15, 0.2) is 23.1 Å². The van der Waals surface area contributed by atoms with Crippen LogP contribution >= 0.6 is 23.4 Å². The second-order valence-corrected chi connectivity index (χ2v) is 4.45.